The second-order valence-electron chi connectivity index (χ2n) is 7.04. The number of para-hydroxylation sites is 1. The van der Waals surface area contributed by atoms with Crippen molar-refractivity contribution in [2.75, 3.05) is 5.32 Å². The maximum absolute atomic E-state index is 13.1. The fraction of sp³-hybridized carbons (Fsp3) is 0.0870. The fourth-order valence-electron chi connectivity index (χ4n) is 3.77. The molecule has 3 aromatic carbocycles. The van der Waals surface area contributed by atoms with Gasteiger partial charge in [0, 0.05) is 24.6 Å². The molecule has 0 spiro atoms. The number of rotatable bonds is 3. The van der Waals surface area contributed by atoms with E-state index in [0.717, 1.165) is 22.2 Å². The lowest BCUT2D eigenvalue weighted by Gasteiger charge is -2.13. The van der Waals surface area contributed by atoms with Crippen molar-refractivity contribution in [1.82, 2.24) is 10.3 Å². The number of carbonyl (C=O) groups excluding carboxylic acids is 2. The number of amides is 2. The lowest BCUT2D eigenvalue weighted by Crippen LogP contribution is -2.17. The molecule has 1 aliphatic rings. The lowest BCUT2D eigenvalue weighted by atomic mass is 9.95. The number of benzene rings is 3. The summed E-state index contributed by atoms with van der Waals surface area (Å²) in [7, 11) is 0. The van der Waals surface area contributed by atoms with Gasteiger partial charge in [-0.25, -0.2) is 9.37 Å². The fourth-order valence-corrected chi connectivity index (χ4v) is 3.77. The van der Waals surface area contributed by atoms with Gasteiger partial charge in [-0.05, 0) is 47.5 Å². The predicted molar refractivity (Wildman–Crippen MR) is 110 cm³/mol. The van der Waals surface area contributed by atoms with Crippen molar-refractivity contribution in [3.8, 4) is 11.1 Å². The van der Waals surface area contributed by atoms with Crippen LogP contribution in [0.4, 0.5) is 10.1 Å². The summed E-state index contributed by atoms with van der Waals surface area (Å²) < 4.78 is 18.9. The molecule has 0 atom stereocenters. The van der Waals surface area contributed by atoms with Crippen LogP contribution in [0, 0.1) is 12.7 Å². The average molecular weight is 401 g/mol. The number of carbonyl (C=O) groups is 2. The van der Waals surface area contributed by atoms with E-state index in [2.05, 4.69) is 15.6 Å². The van der Waals surface area contributed by atoms with Gasteiger partial charge in [-0.1, -0.05) is 18.2 Å². The highest BCUT2D eigenvalue weighted by molar-refractivity contribution is 6.12. The van der Waals surface area contributed by atoms with Crippen LogP contribution >= 0.6 is 0 Å². The number of fused-ring (bicyclic) bond motifs is 2. The number of hydrogen-bond acceptors (Lipinski definition) is 4. The highest BCUT2D eigenvalue weighted by Gasteiger charge is 2.28. The Bertz CT molecular complexity index is 1330. The van der Waals surface area contributed by atoms with Crippen molar-refractivity contribution in [3.63, 3.8) is 0 Å². The van der Waals surface area contributed by atoms with Gasteiger partial charge in [0.15, 0.2) is 11.5 Å². The molecule has 30 heavy (non-hydrogen) atoms. The number of halogens is 1. The minimum atomic E-state index is -0.423. The summed E-state index contributed by atoms with van der Waals surface area (Å²) in [5, 5.41) is 5.59. The molecule has 1 aromatic heterocycles. The topological polar surface area (TPSA) is 84.2 Å². The van der Waals surface area contributed by atoms with Crippen molar-refractivity contribution in [2.45, 2.75) is 13.5 Å². The van der Waals surface area contributed by atoms with Gasteiger partial charge in [0.2, 0.25) is 0 Å². The Morgan fingerprint density at radius 3 is 2.70 bits per heavy atom. The zero-order valence-corrected chi connectivity index (χ0v) is 16.0. The number of oxazole rings is 1. The molecule has 148 valence electrons. The third-order valence-corrected chi connectivity index (χ3v) is 5.13. The van der Waals surface area contributed by atoms with E-state index in [0.29, 0.717) is 34.8 Å². The third kappa shape index (κ3) is 2.91. The SMILES string of the molecule is Cc1nc2cccc(-c3ccc(NC(=O)c4ccc(F)cc4)c4c3CNC4=O)c2o1. The van der Waals surface area contributed by atoms with Crippen molar-refractivity contribution in [3.05, 3.63) is 83.0 Å². The average Bonchev–Trinajstić information content (AvgIpc) is 3.31. The van der Waals surface area contributed by atoms with Gasteiger partial charge in [0.1, 0.15) is 11.3 Å². The van der Waals surface area contributed by atoms with E-state index in [-0.39, 0.29) is 5.91 Å². The molecule has 0 unspecified atom stereocenters. The van der Waals surface area contributed by atoms with Gasteiger partial charge in [0.25, 0.3) is 11.8 Å². The molecule has 0 fully saturated rings. The Morgan fingerprint density at radius 1 is 1.10 bits per heavy atom. The Balaban J connectivity index is 1.59. The molecule has 0 aliphatic carbocycles. The Hall–Kier alpha value is -4.00. The summed E-state index contributed by atoms with van der Waals surface area (Å²) in [6, 6.07) is 14.5. The number of anilines is 1. The molecule has 2 amide bonds. The summed E-state index contributed by atoms with van der Waals surface area (Å²) >= 11 is 0. The van der Waals surface area contributed by atoms with E-state index in [1.807, 2.05) is 24.3 Å². The van der Waals surface area contributed by atoms with Crippen LogP contribution in [0.2, 0.25) is 0 Å². The van der Waals surface area contributed by atoms with Crippen molar-refractivity contribution < 1.29 is 18.4 Å². The summed E-state index contributed by atoms with van der Waals surface area (Å²) in [4.78, 5) is 29.5. The predicted octanol–water partition coefficient (Wildman–Crippen LogP) is 4.44. The molecule has 5 rings (SSSR count). The number of aryl methyl sites for hydroxylation is 1. The van der Waals surface area contributed by atoms with Gasteiger partial charge < -0.3 is 15.1 Å². The van der Waals surface area contributed by atoms with Crippen LogP contribution in [0.25, 0.3) is 22.2 Å². The van der Waals surface area contributed by atoms with E-state index in [1.165, 1.54) is 24.3 Å². The van der Waals surface area contributed by atoms with Crippen LogP contribution in [0.1, 0.15) is 32.2 Å². The minimum Gasteiger partial charge on any atom is -0.440 e. The second-order valence-corrected chi connectivity index (χ2v) is 7.04. The third-order valence-electron chi connectivity index (χ3n) is 5.13. The first-order chi connectivity index (χ1) is 14.5. The van der Waals surface area contributed by atoms with Gasteiger partial charge in [-0.3, -0.25) is 9.59 Å². The van der Waals surface area contributed by atoms with Crippen LogP contribution in [0.15, 0.2) is 59.0 Å². The maximum atomic E-state index is 13.1. The van der Waals surface area contributed by atoms with Crippen molar-refractivity contribution in [1.29, 1.82) is 0 Å². The standard InChI is InChI=1S/C23H16FN3O3/c1-12-26-19-4-2-3-16(21(19)30-12)15-9-10-18(20-17(15)11-25-23(20)29)27-22(28)13-5-7-14(24)8-6-13/h2-10H,11H2,1H3,(H,25,29)(H,27,28). The molecular formula is C23H16FN3O3. The first-order valence-corrected chi connectivity index (χ1v) is 9.39. The number of nitrogens with one attached hydrogen (secondary N) is 2. The smallest absolute Gasteiger partial charge is 0.255 e. The van der Waals surface area contributed by atoms with Crippen LogP contribution in [-0.2, 0) is 6.54 Å². The quantitative estimate of drug-likeness (QED) is 0.532. The Morgan fingerprint density at radius 2 is 1.90 bits per heavy atom. The Labute approximate surface area is 170 Å². The minimum absolute atomic E-state index is 0.262. The summed E-state index contributed by atoms with van der Waals surface area (Å²) in [6.07, 6.45) is 0. The molecule has 2 heterocycles. The van der Waals surface area contributed by atoms with Crippen LogP contribution in [-0.4, -0.2) is 16.8 Å². The molecule has 7 heteroatoms. The van der Waals surface area contributed by atoms with Gasteiger partial charge in [0.05, 0.1) is 11.3 Å². The highest BCUT2D eigenvalue weighted by Crippen LogP contribution is 2.37. The summed E-state index contributed by atoms with van der Waals surface area (Å²) in [6.45, 7) is 2.13. The van der Waals surface area contributed by atoms with E-state index in [4.69, 9.17) is 4.42 Å². The maximum Gasteiger partial charge on any atom is 0.255 e. The molecule has 0 saturated carbocycles. The van der Waals surface area contributed by atoms with Crippen LogP contribution < -0.4 is 10.6 Å². The molecule has 2 N–H and O–H groups in total. The zero-order chi connectivity index (χ0) is 20.8. The lowest BCUT2D eigenvalue weighted by molar-refractivity contribution is 0.0966. The monoisotopic (exact) mass is 401 g/mol. The van der Waals surface area contributed by atoms with Gasteiger partial charge >= 0.3 is 0 Å². The Kier molecular flexibility index (Phi) is 4.10. The largest absolute Gasteiger partial charge is 0.440 e. The first-order valence-electron chi connectivity index (χ1n) is 9.39. The molecule has 4 aromatic rings. The molecule has 0 saturated heterocycles. The van der Waals surface area contributed by atoms with Crippen LogP contribution in [0.5, 0.6) is 0 Å². The number of nitrogens with zero attached hydrogens (tertiary/aromatic N) is 1. The van der Waals surface area contributed by atoms with Crippen molar-refractivity contribution >= 4 is 28.6 Å². The van der Waals surface area contributed by atoms with Gasteiger partial charge in [-0.2, -0.15) is 0 Å². The number of hydrogen-bond donors (Lipinski definition) is 2. The summed E-state index contributed by atoms with van der Waals surface area (Å²) in [5.41, 5.74) is 4.95. The van der Waals surface area contributed by atoms with E-state index in [9.17, 15) is 14.0 Å². The first kappa shape index (κ1) is 18.1. The van der Waals surface area contributed by atoms with Gasteiger partial charge in [-0.15, -0.1) is 0 Å². The number of aromatic nitrogens is 1. The zero-order valence-electron chi connectivity index (χ0n) is 16.0. The second kappa shape index (κ2) is 6.81. The molecule has 0 radical (unpaired) electrons. The molecular weight excluding hydrogens is 385 g/mol. The molecule has 0 bridgehead atoms. The van der Waals surface area contributed by atoms with Crippen LogP contribution in [0.3, 0.4) is 0 Å². The van der Waals surface area contributed by atoms with E-state index in [1.54, 1.807) is 13.0 Å². The molecule has 1 aliphatic heterocycles. The highest BCUT2D eigenvalue weighted by atomic mass is 19.1. The normalized spacial score (nSPS) is 12.7. The van der Waals surface area contributed by atoms with E-state index >= 15 is 0 Å². The van der Waals surface area contributed by atoms with Crippen molar-refractivity contribution in [2.24, 2.45) is 0 Å². The van der Waals surface area contributed by atoms with E-state index < -0.39 is 11.7 Å². The summed E-state index contributed by atoms with van der Waals surface area (Å²) in [5.74, 6) is -0.542. The molecule has 6 nitrogen and oxygen atoms in total.